The van der Waals surface area contributed by atoms with Crippen molar-refractivity contribution in [1.82, 2.24) is 9.80 Å². The van der Waals surface area contributed by atoms with Gasteiger partial charge in [0.1, 0.15) is 5.60 Å². The first kappa shape index (κ1) is 15.5. The largest absolute Gasteiger partial charge is 0.444 e. The molecule has 1 rings (SSSR count). The Morgan fingerprint density at radius 2 is 1.89 bits per heavy atom. The molecule has 0 saturated carbocycles. The zero-order chi connectivity index (χ0) is 14.6. The summed E-state index contributed by atoms with van der Waals surface area (Å²) in [7, 11) is 3.74. The lowest BCUT2D eigenvalue weighted by Gasteiger charge is -2.39. The molecule has 0 radical (unpaired) electrons. The fourth-order valence-corrected chi connectivity index (χ4v) is 1.76. The first-order valence-corrected chi connectivity index (χ1v) is 6.53. The molecule has 0 spiro atoms. The summed E-state index contributed by atoms with van der Waals surface area (Å²) in [6.45, 7) is 6.75. The number of ether oxygens (including phenoxy) is 1. The van der Waals surface area contributed by atoms with Crippen molar-refractivity contribution in [2.45, 2.75) is 32.8 Å². The van der Waals surface area contributed by atoms with Crippen molar-refractivity contribution in [3.8, 4) is 0 Å². The molecule has 0 aromatic carbocycles. The van der Waals surface area contributed by atoms with Gasteiger partial charge in [-0.3, -0.25) is 4.79 Å². The Balaban J connectivity index is 2.27. The molecule has 1 aliphatic rings. The first-order valence-electron chi connectivity index (χ1n) is 6.53. The fraction of sp³-hybridized carbons (Fsp3) is 0.714. The Labute approximate surface area is 115 Å². The summed E-state index contributed by atoms with van der Waals surface area (Å²) < 4.78 is 5.26. The summed E-state index contributed by atoms with van der Waals surface area (Å²) in [5.74, 6) is 0.356. The first-order chi connectivity index (χ1) is 8.67. The van der Waals surface area contributed by atoms with Crippen molar-refractivity contribution in [2.75, 3.05) is 27.2 Å². The van der Waals surface area contributed by atoms with Crippen LogP contribution in [0.3, 0.4) is 0 Å². The van der Waals surface area contributed by atoms with Crippen LogP contribution in [-0.2, 0) is 9.53 Å². The third kappa shape index (κ3) is 5.77. The van der Waals surface area contributed by atoms with Gasteiger partial charge < -0.3 is 14.5 Å². The number of nitrogens with zero attached hydrogens (tertiary/aromatic N) is 2. The summed E-state index contributed by atoms with van der Waals surface area (Å²) in [4.78, 5) is 26.8. The number of rotatable bonds is 4. The predicted octanol–water partition coefficient (Wildman–Crippen LogP) is 1.89. The topological polar surface area (TPSA) is 49.9 Å². The molecule has 19 heavy (non-hydrogen) atoms. The van der Waals surface area contributed by atoms with E-state index in [1.54, 1.807) is 17.2 Å². The average Bonchev–Trinajstić information content (AvgIpc) is 2.16. The monoisotopic (exact) mass is 268 g/mol. The van der Waals surface area contributed by atoms with E-state index in [4.69, 9.17) is 4.74 Å². The number of likely N-dealkylation sites (tertiary alicyclic amines) is 1. The van der Waals surface area contributed by atoms with Crippen LogP contribution in [0.5, 0.6) is 0 Å². The molecular weight excluding hydrogens is 244 g/mol. The number of amides is 1. The molecule has 1 saturated heterocycles. The molecule has 0 atom stereocenters. The van der Waals surface area contributed by atoms with Gasteiger partial charge in [-0.25, -0.2) is 4.79 Å². The minimum Gasteiger partial charge on any atom is -0.444 e. The highest BCUT2D eigenvalue weighted by Crippen LogP contribution is 2.22. The van der Waals surface area contributed by atoms with Crippen LogP contribution in [0, 0.1) is 5.92 Å². The van der Waals surface area contributed by atoms with E-state index in [2.05, 4.69) is 0 Å². The second-order valence-corrected chi connectivity index (χ2v) is 6.20. The summed E-state index contributed by atoms with van der Waals surface area (Å²) >= 11 is 0. The van der Waals surface area contributed by atoms with Crippen LogP contribution in [0.1, 0.15) is 27.2 Å². The molecule has 0 aromatic heterocycles. The van der Waals surface area contributed by atoms with E-state index in [9.17, 15) is 9.59 Å². The summed E-state index contributed by atoms with van der Waals surface area (Å²) in [5, 5.41) is 0. The van der Waals surface area contributed by atoms with Crippen LogP contribution in [0.25, 0.3) is 0 Å². The summed E-state index contributed by atoms with van der Waals surface area (Å²) in [5.41, 5.74) is -0.466. The Hall–Kier alpha value is -1.52. The maximum Gasteiger partial charge on any atom is 0.410 e. The zero-order valence-electron chi connectivity index (χ0n) is 12.5. The fourth-order valence-electron chi connectivity index (χ4n) is 1.76. The lowest BCUT2D eigenvalue weighted by Crippen LogP contribution is -2.52. The molecule has 0 unspecified atom stereocenters. The second kappa shape index (κ2) is 6.08. The second-order valence-electron chi connectivity index (χ2n) is 6.20. The number of hydrogen-bond acceptors (Lipinski definition) is 4. The molecular formula is C14H24N2O3. The van der Waals surface area contributed by atoms with Gasteiger partial charge in [-0.15, -0.1) is 0 Å². The number of carbonyl (C=O) groups is 2. The van der Waals surface area contributed by atoms with Gasteiger partial charge in [0.15, 0.2) is 5.78 Å². The molecule has 1 aliphatic heterocycles. The molecule has 0 aromatic rings. The van der Waals surface area contributed by atoms with Crippen molar-refractivity contribution in [3.63, 3.8) is 0 Å². The van der Waals surface area contributed by atoms with Crippen LogP contribution in [0.2, 0.25) is 0 Å². The SMILES string of the molecule is CN(C)/C=C/C(=O)CC1CN(C(=O)OC(C)(C)C)C1. The van der Waals surface area contributed by atoms with Crippen molar-refractivity contribution >= 4 is 11.9 Å². The van der Waals surface area contributed by atoms with Crippen LogP contribution >= 0.6 is 0 Å². The van der Waals surface area contributed by atoms with Gasteiger partial charge in [0.05, 0.1) is 0 Å². The molecule has 1 fully saturated rings. The summed E-state index contributed by atoms with van der Waals surface area (Å²) in [6, 6.07) is 0. The van der Waals surface area contributed by atoms with Crippen molar-refractivity contribution < 1.29 is 14.3 Å². The molecule has 0 bridgehead atoms. The summed E-state index contributed by atoms with van der Waals surface area (Å²) in [6.07, 6.45) is 3.52. The van der Waals surface area contributed by atoms with Crippen molar-refractivity contribution in [2.24, 2.45) is 5.92 Å². The molecule has 1 heterocycles. The van der Waals surface area contributed by atoms with E-state index in [0.29, 0.717) is 19.5 Å². The lowest BCUT2D eigenvalue weighted by atomic mass is 9.94. The minimum atomic E-state index is -0.466. The number of hydrogen-bond donors (Lipinski definition) is 0. The highest BCUT2D eigenvalue weighted by Gasteiger charge is 2.34. The number of allylic oxidation sites excluding steroid dienone is 1. The minimum absolute atomic E-state index is 0.0996. The van der Waals surface area contributed by atoms with Gasteiger partial charge in [-0.2, -0.15) is 0 Å². The highest BCUT2D eigenvalue weighted by molar-refractivity contribution is 5.89. The van der Waals surface area contributed by atoms with E-state index < -0.39 is 5.60 Å². The van der Waals surface area contributed by atoms with Gasteiger partial charge in [0, 0.05) is 45.7 Å². The van der Waals surface area contributed by atoms with Crippen LogP contribution in [0.4, 0.5) is 4.79 Å². The lowest BCUT2D eigenvalue weighted by molar-refractivity contribution is -0.116. The Bertz CT molecular complexity index is 363. The molecule has 0 N–H and O–H groups in total. The maximum absolute atomic E-state index is 11.7. The molecule has 1 amide bonds. The van der Waals surface area contributed by atoms with E-state index in [1.807, 2.05) is 39.8 Å². The Morgan fingerprint density at radius 3 is 2.37 bits per heavy atom. The molecule has 108 valence electrons. The molecule has 5 heteroatoms. The van der Waals surface area contributed by atoms with E-state index in [1.165, 1.54) is 0 Å². The Morgan fingerprint density at radius 1 is 1.32 bits per heavy atom. The smallest absolute Gasteiger partial charge is 0.410 e. The third-order valence-electron chi connectivity index (χ3n) is 2.66. The standard InChI is InChI=1S/C14H24N2O3/c1-14(2,3)19-13(18)16-9-11(10-16)8-12(17)6-7-15(4)5/h6-7,11H,8-10H2,1-5H3/b7-6+. The van der Waals surface area contributed by atoms with Gasteiger partial charge in [0.25, 0.3) is 0 Å². The third-order valence-corrected chi connectivity index (χ3v) is 2.66. The van der Waals surface area contributed by atoms with Crippen LogP contribution in [0.15, 0.2) is 12.3 Å². The normalized spacial score (nSPS) is 16.4. The van der Waals surface area contributed by atoms with Gasteiger partial charge in [0.2, 0.25) is 0 Å². The highest BCUT2D eigenvalue weighted by atomic mass is 16.6. The van der Waals surface area contributed by atoms with Crippen LogP contribution in [-0.4, -0.2) is 54.5 Å². The quantitative estimate of drug-likeness (QED) is 0.731. The van der Waals surface area contributed by atoms with Gasteiger partial charge in [-0.05, 0) is 26.8 Å². The van der Waals surface area contributed by atoms with Crippen molar-refractivity contribution in [1.29, 1.82) is 0 Å². The zero-order valence-corrected chi connectivity index (χ0v) is 12.5. The van der Waals surface area contributed by atoms with Crippen LogP contribution < -0.4 is 0 Å². The van der Waals surface area contributed by atoms with E-state index in [-0.39, 0.29) is 17.8 Å². The van der Waals surface area contributed by atoms with Crippen molar-refractivity contribution in [3.05, 3.63) is 12.3 Å². The number of ketones is 1. The van der Waals surface area contributed by atoms with Gasteiger partial charge >= 0.3 is 6.09 Å². The number of carbonyl (C=O) groups excluding carboxylic acids is 2. The van der Waals surface area contributed by atoms with E-state index >= 15 is 0 Å². The van der Waals surface area contributed by atoms with Gasteiger partial charge in [-0.1, -0.05) is 0 Å². The average molecular weight is 268 g/mol. The predicted molar refractivity (Wildman–Crippen MR) is 73.7 cm³/mol. The Kier molecular flexibility index (Phi) is 4.97. The van der Waals surface area contributed by atoms with E-state index in [0.717, 1.165) is 0 Å². The molecule has 0 aliphatic carbocycles. The maximum atomic E-state index is 11.7. The molecule has 5 nitrogen and oxygen atoms in total.